The number of carbonyl (C=O) groups is 1. The van der Waals surface area contributed by atoms with Gasteiger partial charge in [0.2, 0.25) is 0 Å². The van der Waals surface area contributed by atoms with Gasteiger partial charge in [0.05, 0.1) is 24.6 Å². The van der Waals surface area contributed by atoms with Crippen LogP contribution in [-0.4, -0.2) is 41.2 Å². The summed E-state index contributed by atoms with van der Waals surface area (Å²) in [5.41, 5.74) is 2.33. The summed E-state index contributed by atoms with van der Waals surface area (Å²) in [4.78, 5) is 14.4. The number of hydrogen-bond donors (Lipinski definition) is 1. The second kappa shape index (κ2) is 5.60. The van der Waals surface area contributed by atoms with Gasteiger partial charge in [-0.3, -0.25) is 9.89 Å². The Labute approximate surface area is 123 Å². The Morgan fingerprint density at radius 2 is 2.10 bits per heavy atom. The molecule has 21 heavy (non-hydrogen) atoms. The van der Waals surface area contributed by atoms with Crippen LogP contribution in [0.3, 0.4) is 0 Å². The zero-order chi connectivity index (χ0) is 14.8. The lowest BCUT2D eigenvalue weighted by Crippen LogP contribution is -2.49. The number of hydrogen-bond acceptors (Lipinski definition) is 3. The van der Waals surface area contributed by atoms with E-state index in [2.05, 4.69) is 17.1 Å². The van der Waals surface area contributed by atoms with Crippen LogP contribution in [0.4, 0.5) is 0 Å². The predicted molar refractivity (Wildman–Crippen MR) is 80.3 cm³/mol. The molecule has 1 aromatic carbocycles. The van der Waals surface area contributed by atoms with E-state index in [9.17, 15) is 4.79 Å². The summed E-state index contributed by atoms with van der Waals surface area (Å²) >= 11 is 0. The van der Waals surface area contributed by atoms with Crippen LogP contribution in [-0.2, 0) is 0 Å². The number of methoxy groups -OCH3 is 1. The first-order valence-corrected chi connectivity index (χ1v) is 7.20. The van der Waals surface area contributed by atoms with Crippen molar-refractivity contribution in [3.63, 3.8) is 0 Å². The van der Waals surface area contributed by atoms with Crippen molar-refractivity contribution in [1.82, 2.24) is 15.1 Å². The lowest BCUT2D eigenvalue weighted by atomic mass is 9.96. The van der Waals surface area contributed by atoms with Crippen molar-refractivity contribution in [2.45, 2.75) is 13.3 Å². The van der Waals surface area contributed by atoms with Gasteiger partial charge in [0, 0.05) is 18.7 Å². The summed E-state index contributed by atoms with van der Waals surface area (Å²) in [7, 11) is 1.63. The van der Waals surface area contributed by atoms with Gasteiger partial charge in [-0.25, -0.2) is 0 Å². The molecule has 2 aromatic rings. The molecule has 110 valence electrons. The van der Waals surface area contributed by atoms with Crippen molar-refractivity contribution in [1.29, 1.82) is 0 Å². The van der Waals surface area contributed by atoms with E-state index in [1.807, 2.05) is 29.2 Å². The Morgan fingerprint density at radius 1 is 1.38 bits per heavy atom. The fraction of sp³-hybridized carbons (Fsp3) is 0.375. The second-order valence-corrected chi connectivity index (χ2v) is 5.37. The highest BCUT2D eigenvalue weighted by Crippen LogP contribution is 2.27. The normalized spacial score (nSPS) is 14.9. The maximum absolute atomic E-state index is 12.5. The van der Waals surface area contributed by atoms with Crippen LogP contribution in [0.1, 0.15) is 23.7 Å². The molecule has 0 spiro atoms. The lowest BCUT2D eigenvalue weighted by Gasteiger charge is -2.38. The Morgan fingerprint density at radius 3 is 2.71 bits per heavy atom. The minimum atomic E-state index is 0.0549. The van der Waals surface area contributed by atoms with Crippen LogP contribution in [0.25, 0.3) is 11.3 Å². The maximum atomic E-state index is 12.5. The number of likely N-dealkylation sites (tertiary alicyclic amines) is 1. The Bertz CT molecular complexity index is 627. The van der Waals surface area contributed by atoms with Crippen molar-refractivity contribution in [3.05, 3.63) is 36.0 Å². The number of benzene rings is 1. The lowest BCUT2D eigenvalue weighted by molar-refractivity contribution is 0.0495. The molecular weight excluding hydrogens is 266 g/mol. The first-order valence-electron chi connectivity index (χ1n) is 7.20. The van der Waals surface area contributed by atoms with Gasteiger partial charge in [-0.15, -0.1) is 0 Å². The highest BCUT2D eigenvalue weighted by atomic mass is 16.5. The molecule has 0 radical (unpaired) electrons. The number of aromatic nitrogens is 2. The molecule has 0 saturated carbocycles. The van der Waals surface area contributed by atoms with Crippen molar-refractivity contribution < 1.29 is 9.53 Å². The quantitative estimate of drug-likeness (QED) is 0.939. The van der Waals surface area contributed by atoms with Gasteiger partial charge in [-0.2, -0.15) is 5.10 Å². The van der Waals surface area contributed by atoms with E-state index in [0.717, 1.165) is 36.5 Å². The molecule has 1 aliphatic rings. The molecular formula is C16H19N3O2. The first-order chi connectivity index (χ1) is 10.2. The number of amides is 1. The average Bonchev–Trinajstić information content (AvgIpc) is 2.95. The molecule has 1 saturated heterocycles. The molecule has 3 rings (SSSR count). The largest absolute Gasteiger partial charge is 0.497 e. The number of rotatable bonds is 4. The molecule has 1 amide bonds. The van der Waals surface area contributed by atoms with Crippen molar-refractivity contribution in [3.8, 4) is 17.0 Å². The minimum absolute atomic E-state index is 0.0549. The fourth-order valence-electron chi connectivity index (χ4n) is 2.59. The number of nitrogens with zero attached hydrogens (tertiary/aromatic N) is 2. The molecule has 2 heterocycles. The molecule has 0 atom stereocenters. The third kappa shape index (κ3) is 2.51. The SMILES string of the molecule is CCC1CN(C(=O)c2cn[nH]c2-c2ccc(OC)cc2)C1. The van der Waals surface area contributed by atoms with Crippen molar-refractivity contribution in [2.75, 3.05) is 20.2 Å². The van der Waals surface area contributed by atoms with Crippen LogP contribution < -0.4 is 4.74 Å². The summed E-state index contributed by atoms with van der Waals surface area (Å²) in [5, 5.41) is 6.97. The third-order valence-corrected chi connectivity index (χ3v) is 4.07. The number of ether oxygens (including phenoxy) is 1. The van der Waals surface area contributed by atoms with Gasteiger partial charge in [0.25, 0.3) is 5.91 Å². The van der Waals surface area contributed by atoms with E-state index in [1.165, 1.54) is 0 Å². The van der Waals surface area contributed by atoms with Gasteiger partial charge >= 0.3 is 0 Å². The van der Waals surface area contributed by atoms with Gasteiger partial charge < -0.3 is 9.64 Å². The number of H-pyrrole nitrogens is 1. The number of aromatic amines is 1. The third-order valence-electron chi connectivity index (χ3n) is 4.07. The highest BCUT2D eigenvalue weighted by molar-refractivity contribution is 6.00. The van der Waals surface area contributed by atoms with E-state index >= 15 is 0 Å². The van der Waals surface area contributed by atoms with Crippen molar-refractivity contribution in [2.24, 2.45) is 5.92 Å². The van der Waals surface area contributed by atoms with Gasteiger partial charge in [0.1, 0.15) is 5.75 Å². The molecule has 5 nitrogen and oxygen atoms in total. The standard InChI is InChI=1S/C16H19N3O2/c1-3-11-9-19(10-11)16(20)14-8-17-18-15(14)12-4-6-13(21-2)7-5-12/h4-8,11H,3,9-10H2,1-2H3,(H,17,18). The summed E-state index contributed by atoms with van der Waals surface area (Å²) < 4.78 is 5.15. The molecule has 1 fully saturated rings. The molecule has 1 aliphatic heterocycles. The molecule has 1 aromatic heterocycles. The molecule has 0 aliphatic carbocycles. The fourth-order valence-corrected chi connectivity index (χ4v) is 2.59. The van der Waals surface area contributed by atoms with E-state index in [-0.39, 0.29) is 5.91 Å². The predicted octanol–water partition coefficient (Wildman–Crippen LogP) is 2.57. The Hall–Kier alpha value is -2.30. The topological polar surface area (TPSA) is 58.2 Å². The maximum Gasteiger partial charge on any atom is 0.257 e. The molecule has 0 unspecified atom stereocenters. The Kier molecular flexibility index (Phi) is 3.64. The minimum Gasteiger partial charge on any atom is -0.497 e. The Balaban J connectivity index is 1.81. The first kappa shape index (κ1) is 13.7. The number of carbonyl (C=O) groups excluding carboxylic acids is 1. The van der Waals surface area contributed by atoms with Gasteiger partial charge in [-0.1, -0.05) is 6.92 Å². The summed E-state index contributed by atoms with van der Waals surface area (Å²) in [6.07, 6.45) is 2.74. The monoisotopic (exact) mass is 285 g/mol. The van der Waals surface area contributed by atoms with Crippen LogP contribution in [0, 0.1) is 5.92 Å². The second-order valence-electron chi connectivity index (χ2n) is 5.37. The van der Waals surface area contributed by atoms with E-state index in [4.69, 9.17) is 4.74 Å². The zero-order valence-electron chi connectivity index (χ0n) is 12.3. The molecule has 5 heteroatoms. The summed E-state index contributed by atoms with van der Waals surface area (Å²) in [6.45, 7) is 3.86. The highest BCUT2D eigenvalue weighted by Gasteiger charge is 2.31. The van der Waals surface area contributed by atoms with Crippen LogP contribution in [0.15, 0.2) is 30.5 Å². The van der Waals surface area contributed by atoms with E-state index < -0.39 is 0 Å². The number of nitrogens with one attached hydrogen (secondary N) is 1. The van der Waals surface area contributed by atoms with Crippen LogP contribution in [0.5, 0.6) is 5.75 Å². The smallest absolute Gasteiger partial charge is 0.257 e. The van der Waals surface area contributed by atoms with Crippen LogP contribution in [0.2, 0.25) is 0 Å². The van der Waals surface area contributed by atoms with Crippen molar-refractivity contribution >= 4 is 5.91 Å². The van der Waals surface area contributed by atoms with Gasteiger partial charge in [0.15, 0.2) is 0 Å². The van der Waals surface area contributed by atoms with E-state index in [1.54, 1.807) is 13.3 Å². The van der Waals surface area contributed by atoms with Gasteiger partial charge in [-0.05, 0) is 36.6 Å². The summed E-state index contributed by atoms with van der Waals surface area (Å²) in [6, 6.07) is 7.60. The zero-order valence-corrected chi connectivity index (χ0v) is 12.3. The summed E-state index contributed by atoms with van der Waals surface area (Å²) in [5.74, 6) is 1.49. The van der Waals surface area contributed by atoms with Crippen LogP contribution >= 0.6 is 0 Å². The average molecular weight is 285 g/mol. The molecule has 1 N–H and O–H groups in total. The molecule has 0 bridgehead atoms. The van der Waals surface area contributed by atoms with E-state index in [0.29, 0.717) is 11.5 Å².